The van der Waals surface area contributed by atoms with Gasteiger partial charge >= 0.3 is 5.97 Å². The van der Waals surface area contributed by atoms with Gasteiger partial charge in [0.15, 0.2) is 0 Å². The summed E-state index contributed by atoms with van der Waals surface area (Å²) in [5.41, 5.74) is 1.61. The molecule has 0 bridgehead atoms. The third kappa shape index (κ3) is 3.94. The monoisotopic (exact) mass is 234 g/mol. The predicted octanol–water partition coefficient (Wildman–Crippen LogP) is 3.05. The largest absolute Gasteiger partial charge is 0.497 e. The molecule has 0 unspecified atom stereocenters. The van der Waals surface area contributed by atoms with E-state index in [4.69, 9.17) is 9.47 Å². The molecule has 0 atom stereocenters. The standard InChI is InChI=1S/C14H18O3/c1-4-12(14(15)17-5-2)9-11-7-6-8-13(10-11)16-3/h6-10H,4-5H2,1-3H3. The molecule has 1 aromatic carbocycles. The second kappa shape index (κ2) is 6.74. The van der Waals surface area contributed by atoms with Crippen LogP contribution in [0.1, 0.15) is 25.8 Å². The molecular formula is C14H18O3. The fourth-order valence-electron chi connectivity index (χ4n) is 1.46. The third-order valence-electron chi connectivity index (χ3n) is 2.35. The molecule has 1 aromatic rings. The molecule has 0 aromatic heterocycles. The first-order chi connectivity index (χ1) is 8.21. The summed E-state index contributed by atoms with van der Waals surface area (Å²) in [4.78, 5) is 11.6. The quantitative estimate of drug-likeness (QED) is 0.580. The number of rotatable bonds is 5. The SMILES string of the molecule is CCOC(=O)C(=Cc1cccc(OC)c1)CC. The zero-order valence-electron chi connectivity index (χ0n) is 10.5. The van der Waals surface area contributed by atoms with Gasteiger partial charge in [0, 0.05) is 5.57 Å². The average Bonchev–Trinajstić information content (AvgIpc) is 2.36. The minimum Gasteiger partial charge on any atom is -0.497 e. The van der Waals surface area contributed by atoms with Gasteiger partial charge in [-0.05, 0) is 37.1 Å². The van der Waals surface area contributed by atoms with Gasteiger partial charge in [-0.15, -0.1) is 0 Å². The summed E-state index contributed by atoms with van der Waals surface area (Å²) in [5.74, 6) is 0.524. The maximum absolute atomic E-state index is 11.6. The normalized spacial score (nSPS) is 11.1. The van der Waals surface area contributed by atoms with E-state index in [9.17, 15) is 4.79 Å². The van der Waals surface area contributed by atoms with Crippen molar-refractivity contribution in [3.8, 4) is 5.75 Å². The molecule has 92 valence electrons. The van der Waals surface area contributed by atoms with Crippen LogP contribution >= 0.6 is 0 Å². The Hall–Kier alpha value is -1.77. The first kappa shape index (κ1) is 13.3. The first-order valence-electron chi connectivity index (χ1n) is 5.73. The summed E-state index contributed by atoms with van der Waals surface area (Å²) in [6.45, 7) is 4.13. The van der Waals surface area contributed by atoms with Crippen LogP contribution in [-0.2, 0) is 9.53 Å². The minimum absolute atomic E-state index is 0.252. The fourth-order valence-corrected chi connectivity index (χ4v) is 1.46. The van der Waals surface area contributed by atoms with E-state index in [2.05, 4.69) is 0 Å². The van der Waals surface area contributed by atoms with Crippen LogP contribution in [0.3, 0.4) is 0 Å². The van der Waals surface area contributed by atoms with Crippen molar-refractivity contribution < 1.29 is 14.3 Å². The van der Waals surface area contributed by atoms with E-state index in [1.807, 2.05) is 37.3 Å². The lowest BCUT2D eigenvalue weighted by molar-refractivity contribution is -0.138. The molecule has 0 fully saturated rings. The van der Waals surface area contributed by atoms with Crippen molar-refractivity contribution in [2.45, 2.75) is 20.3 Å². The highest BCUT2D eigenvalue weighted by molar-refractivity contribution is 5.93. The van der Waals surface area contributed by atoms with Crippen molar-refractivity contribution in [2.24, 2.45) is 0 Å². The highest BCUT2D eigenvalue weighted by atomic mass is 16.5. The summed E-state index contributed by atoms with van der Waals surface area (Å²) in [6.07, 6.45) is 2.48. The summed E-state index contributed by atoms with van der Waals surface area (Å²) in [5, 5.41) is 0. The molecule has 0 amide bonds. The van der Waals surface area contributed by atoms with E-state index in [0.29, 0.717) is 18.6 Å². The molecule has 0 saturated heterocycles. The van der Waals surface area contributed by atoms with Crippen LogP contribution < -0.4 is 4.74 Å². The maximum Gasteiger partial charge on any atom is 0.333 e. The van der Waals surface area contributed by atoms with Gasteiger partial charge in [-0.2, -0.15) is 0 Å². The van der Waals surface area contributed by atoms with Gasteiger partial charge < -0.3 is 9.47 Å². The highest BCUT2D eigenvalue weighted by Crippen LogP contribution is 2.17. The number of carbonyl (C=O) groups is 1. The Morgan fingerprint density at radius 2 is 2.12 bits per heavy atom. The van der Waals surface area contributed by atoms with Gasteiger partial charge in [0.05, 0.1) is 13.7 Å². The third-order valence-corrected chi connectivity index (χ3v) is 2.35. The van der Waals surface area contributed by atoms with Gasteiger partial charge in [-0.25, -0.2) is 4.79 Å². The molecular weight excluding hydrogens is 216 g/mol. The smallest absolute Gasteiger partial charge is 0.333 e. The Kier molecular flexibility index (Phi) is 5.27. The molecule has 0 radical (unpaired) electrons. The molecule has 0 aliphatic heterocycles. The van der Waals surface area contributed by atoms with E-state index in [0.717, 1.165) is 11.3 Å². The Bertz CT molecular complexity index is 408. The van der Waals surface area contributed by atoms with Crippen LogP contribution in [0.25, 0.3) is 6.08 Å². The Morgan fingerprint density at radius 1 is 1.35 bits per heavy atom. The summed E-state index contributed by atoms with van der Waals surface area (Å²) in [7, 11) is 1.62. The van der Waals surface area contributed by atoms with Crippen molar-refractivity contribution in [1.29, 1.82) is 0 Å². The molecule has 0 N–H and O–H groups in total. The van der Waals surface area contributed by atoms with Crippen LogP contribution in [0.15, 0.2) is 29.8 Å². The molecule has 3 heteroatoms. The maximum atomic E-state index is 11.6. The number of hydrogen-bond acceptors (Lipinski definition) is 3. The predicted molar refractivity (Wildman–Crippen MR) is 67.9 cm³/mol. The molecule has 0 spiro atoms. The van der Waals surface area contributed by atoms with Gasteiger partial charge in [0.2, 0.25) is 0 Å². The molecule has 0 aliphatic carbocycles. The summed E-state index contributed by atoms with van der Waals surface area (Å²) >= 11 is 0. The minimum atomic E-state index is -0.252. The molecule has 1 rings (SSSR count). The van der Waals surface area contributed by atoms with Crippen molar-refractivity contribution >= 4 is 12.0 Å². The number of esters is 1. The van der Waals surface area contributed by atoms with Crippen molar-refractivity contribution in [2.75, 3.05) is 13.7 Å². The van der Waals surface area contributed by atoms with Gasteiger partial charge in [-0.1, -0.05) is 19.1 Å². The molecule has 0 aliphatic rings. The Labute approximate surface area is 102 Å². The van der Waals surface area contributed by atoms with E-state index in [1.165, 1.54) is 0 Å². The number of benzene rings is 1. The lowest BCUT2D eigenvalue weighted by atomic mass is 10.1. The number of hydrogen-bond donors (Lipinski definition) is 0. The Morgan fingerprint density at radius 3 is 2.71 bits per heavy atom. The number of ether oxygens (including phenoxy) is 2. The highest BCUT2D eigenvalue weighted by Gasteiger charge is 2.08. The molecule has 0 heterocycles. The first-order valence-corrected chi connectivity index (χ1v) is 5.73. The summed E-state index contributed by atoms with van der Waals surface area (Å²) in [6, 6.07) is 7.57. The number of carbonyl (C=O) groups excluding carboxylic acids is 1. The van der Waals surface area contributed by atoms with Gasteiger partial charge in [-0.3, -0.25) is 0 Å². The van der Waals surface area contributed by atoms with E-state index in [1.54, 1.807) is 14.0 Å². The molecule has 17 heavy (non-hydrogen) atoms. The van der Waals surface area contributed by atoms with Crippen LogP contribution in [0.5, 0.6) is 5.75 Å². The molecule has 3 nitrogen and oxygen atoms in total. The van der Waals surface area contributed by atoms with E-state index in [-0.39, 0.29) is 5.97 Å². The topological polar surface area (TPSA) is 35.5 Å². The zero-order chi connectivity index (χ0) is 12.7. The van der Waals surface area contributed by atoms with Crippen LogP contribution in [0, 0.1) is 0 Å². The van der Waals surface area contributed by atoms with Crippen LogP contribution in [-0.4, -0.2) is 19.7 Å². The van der Waals surface area contributed by atoms with Crippen LogP contribution in [0.2, 0.25) is 0 Å². The lowest BCUT2D eigenvalue weighted by Gasteiger charge is -2.05. The number of methoxy groups -OCH3 is 1. The van der Waals surface area contributed by atoms with Crippen molar-refractivity contribution in [3.63, 3.8) is 0 Å². The van der Waals surface area contributed by atoms with Gasteiger partial charge in [0.1, 0.15) is 5.75 Å². The lowest BCUT2D eigenvalue weighted by Crippen LogP contribution is -2.06. The van der Waals surface area contributed by atoms with E-state index < -0.39 is 0 Å². The average molecular weight is 234 g/mol. The van der Waals surface area contributed by atoms with Crippen molar-refractivity contribution in [3.05, 3.63) is 35.4 Å². The molecule has 0 saturated carbocycles. The second-order valence-electron chi connectivity index (χ2n) is 3.52. The summed E-state index contributed by atoms with van der Waals surface area (Å²) < 4.78 is 10.1. The Balaban J connectivity index is 2.93. The van der Waals surface area contributed by atoms with E-state index >= 15 is 0 Å². The van der Waals surface area contributed by atoms with Gasteiger partial charge in [0.25, 0.3) is 0 Å². The second-order valence-corrected chi connectivity index (χ2v) is 3.52. The van der Waals surface area contributed by atoms with Crippen LogP contribution in [0.4, 0.5) is 0 Å². The fraction of sp³-hybridized carbons (Fsp3) is 0.357. The van der Waals surface area contributed by atoms with Crippen molar-refractivity contribution in [1.82, 2.24) is 0 Å². The zero-order valence-corrected chi connectivity index (χ0v) is 10.5.